The molecule has 0 atom stereocenters. The van der Waals surface area contributed by atoms with Gasteiger partial charge in [0.2, 0.25) is 4.61 Å². The predicted octanol–water partition coefficient (Wildman–Crippen LogP) is 3.72. The lowest BCUT2D eigenvalue weighted by atomic mass is 9.89. The molecule has 0 aliphatic heterocycles. The molecule has 0 N–H and O–H groups in total. The number of nitrogens with zero attached hydrogens (tertiary/aromatic N) is 1. The summed E-state index contributed by atoms with van der Waals surface area (Å²) in [5.41, 5.74) is 0. The molecule has 1 nitrogen and oxygen atoms in total. The van der Waals surface area contributed by atoms with Gasteiger partial charge in [-0.15, -0.1) is 0 Å². The molecule has 60 valence electrons. The minimum Gasteiger partial charge on any atom is -0.231 e. The third kappa shape index (κ3) is 3.07. The molecule has 0 aromatic heterocycles. The Morgan fingerprint density at radius 3 is 2.55 bits per heavy atom. The highest BCUT2D eigenvalue weighted by molar-refractivity contribution is 9.11. The molecule has 1 rings (SSSR count). The highest BCUT2D eigenvalue weighted by Gasteiger charge is 2.10. The largest absolute Gasteiger partial charge is 0.231 e. The lowest BCUT2D eigenvalue weighted by molar-refractivity contribution is 0.419. The maximum atomic E-state index is 6.74. The minimum atomic E-state index is 0.659. The van der Waals surface area contributed by atoms with Gasteiger partial charge in [-0.25, -0.2) is 4.85 Å². The second-order valence-corrected chi connectivity index (χ2v) is 3.81. The van der Waals surface area contributed by atoms with Crippen molar-refractivity contribution >= 4 is 15.9 Å². The zero-order valence-corrected chi connectivity index (χ0v) is 8.10. The predicted molar refractivity (Wildman–Crippen MR) is 50.2 cm³/mol. The molecule has 0 heterocycles. The summed E-state index contributed by atoms with van der Waals surface area (Å²) in [6, 6.07) is 0. The van der Waals surface area contributed by atoms with Crippen molar-refractivity contribution in [1.29, 1.82) is 0 Å². The van der Waals surface area contributed by atoms with E-state index in [9.17, 15) is 0 Å². The van der Waals surface area contributed by atoms with Crippen molar-refractivity contribution in [2.24, 2.45) is 5.92 Å². The van der Waals surface area contributed by atoms with E-state index in [0.29, 0.717) is 10.5 Å². The first-order chi connectivity index (χ1) is 5.33. The average molecular weight is 214 g/mol. The molecule has 2 heteroatoms. The lowest BCUT2D eigenvalue weighted by Gasteiger charge is -2.17. The van der Waals surface area contributed by atoms with Gasteiger partial charge >= 0.3 is 0 Å². The van der Waals surface area contributed by atoms with Crippen LogP contribution < -0.4 is 0 Å². The first kappa shape index (κ1) is 8.80. The van der Waals surface area contributed by atoms with Gasteiger partial charge in [-0.2, -0.15) is 0 Å². The van der Waals surface area contributed by atoms with E-state index >= 15 is 0 Å². The van der Waals surface area contributed by atoms with Crippen LogP contribution in [0.4, 0.5) is 0 Å². The molecule has 0 amide bonds. The summed E-state index contributed by atoms with van der Waals surface area (Å²) in [4.78, 5) is 3.31. The van der Waals surface area contributed by atoms with E-state index in [1.807, 2.05) is 0 Å². The topological polar surface area (TPSA) is 4.36 Å². The Bertz CT molecular complexity index is 184. The van der Waals surface area contributed by atoms with E-state index in [2.05, 4.69) is 26.9 Å². The Hall–Kier alpha value is -0.290. The van der Waals surface area contributed by atoms with Crippen LogP contribution in [0.1, 0.15) is 32.1 Å². The Morgan fingerprint density at radius 2 is 2.00 bits per heavy atom. The molecule has 0 aromatic rings. The summed E-state index contributed by atoms with van der Waals surface area (Å²) >= 11 is 3.22. The smallest absolute Gasteiger partial charge is 0.224 e. The first-order valence-corrected chi connectivity index (χ1v) is 4.87. The zero-order valence-electron chi connectivity index (χ0n) is 6.52. The van der Waals surface area contributed by atoms with Gasteiger partial charge in [0.25, 0.3) is 0 Å². The second-order valence-electron chi connectivity index (χ2n) is 3.00. The second kappa shape index (κ2) is 4.56. The zero-order chi connectivity index (χ0) is 8.10. The van der Waals surface area contributed by atoms with Gasteiger partial charge in [-0.05, 0) is 18.8 Å². The van der Waals surface area contributed by atoms with Crippen LogP contribution in [-0.2, 0) is 0 Å². The summed E-state index contributed by atoms with van der Waals surface area (Å²) < 4.78 is 0.685. The molecular weight excluding hydrogens is 202 g/mol. The van der Waals surface area contributed by atoms with Gasteiger partial charge in [-0.3, -0.25) is 0 Å². The molecule has 0 unspecified atom stereocenters. The summed E-state index contributed by atoms with van der Waals surface area (Å²) in [7, 11) is 0. The van der Waals surface area contributed by atoms with Gasteiger partial charge in [0.05, 0.1) is 6.57 Å². The van der Waals surface area contributed by atoms with Crippen LogP contribution >= 0.6 is 15.9 Å². The Labute approximate surface area is 76.4 Å². The number of hydrogen-bond acceptors (Lipinski definition) is 0. The van der Waals surface area contributed by atoms with E-state index < -0.39 is 0 Å². The van der Waals surface area contributed by atoms with Crippen molar-refractivity contribution in [3.8, 4) is 0 Å². The molecule has 0 spiro atoms. The first-order valence-electron chi connectivity index (χ1n) is 4.07. The average Bonchev–Trinajstić information content (AvgIpc) is 2.06. The Morgan fingerprint density at radius 1 is 1.36 bits per heavy atom. The quantitative estimate of drug-likeness (QED) is 0.462. The van der Waals surface area contributed by atoms with Crippen molar-refractivity contribution < 1.29 is 0 Å². The van der Waals surface area contributed by atoms with Crippen LogP contribution in [-0.4, -0.2) is 0 Å². The fourth-order valence-corrected chi connectivity index (χ4v) is 1.91. The SMILES string of the molecule is [C-]#[N+]/C(Br)=C/C1CCCCC1. The summed E-state index contributed by atoms with van der Waals surface area (Å²) in [6.45, 7) is 6.74. The lowest BCUT2D eigenvalue weighted by Crippen LogP contribution is -2.02. The molecule has 1 aliphatic rings. The van der Waals surface area contributed by atoms with E-state index in [0.717, 1.165) is 0 Å². The van der Waals surface area contributed by atoms with E-state index in [1.54, 1.807) is 0 Å². The highest BCUT2D eigenvalue weighted by atomic mass is 79.9. The molecule has 0 aromatic carbocycles. The Kier molecular flexibility index (Phi) is 3.65. The van der Waals surface area contributed by atoms with Crippen LogP contribution in [0.2, 0.25) is 0 Å². The van der Waals surface area contributed by atoms with Gasteiger partial charge in [-0.1, -0.05) is 41.3 Å². The van der Waals surface area contributed by atoms with Gasteiger partial charge in [0.1, 0.15) is 0 Å². The molecule has 0 saturated heterocycles. The molecule has 1 aliphatic carbocycles. The van der Waals surface area contributed by atoms with Crippen molar-refractivity contribution in [2.75, 3.05) is 0 Å². The summed E-state index contributed by atoms with van der Waals surface area (Å²) in [6.07, 6.45) is 8.64. The van der Waals surface area contributed by atoms with Crippen LogP contribution in [0.15, 0.2) is 10.7 Å². The highest BCUT2D eigenvalue weighted by Crippen LogP contribution is 2.26. The maximum absolute atomic E-state index is 6.74. The van der Waals surface area contributed by atoms with Crippen LogP contribution in [0, 0.1) is 12.5 Å². The monoisotopic (exact) mass is 213 g/mol. The summed E-state index contributed by atoms with van der Waals surface area (Å²) in [5, 5.41) is 0. The fourth-order valence-electron chi connectivity index (χ4n) is 1.53. The molecule has 0 radical (unpaired) electrons. The van der Waals surface area contributed by atoms with Crippen molar-refractivity contribution in [2.45, 2.75) is 32.1 Å². The molecule has 1 saturated carbocycles. The number of allylic oxidation sites excluding steroid dienone is 1. The van der Waals surface area contributed by atoms with Crippen molar-refractivity contribution in [1.82, 2.24) is 0 Å². The van der Waals surface area contributed by atoms with E-state index in [1.165, 1.54) is 32.1 Å². The van der Waals surface area contributed by atoms with Gasteiger partial charge in [0.15, 0.2) is 0 Å². The number of halogens is 1. The third-order valence-corrected chi connectivity index (χ3v) is 2.57. The van der Waals surface area contributed by atoms with Crippen molar-refractivity contribution in [3.63, 3.8) is 0 Å². The van der Waals surface area contributed by atoms with Crippen LogP contribution in [0.3, 0.4) is 0 Å². The molecule has 0 bridgehead atoms. The van der Waals surface area contributed by atoms with Crippen LogP contribution in [0.5, 0.6) is 0 Å². The Balaban J connectivity index is 2.42. The van der Waals surface area contributed by atoms with Crippen LogP contribution in [0.25, 0.3) is 4.85 Å². The minimum absolute atomic E-state index is 0.659. The fraction of sp³-hybridized carbons (Fsp3) is 0.667. The normalized spacial score (nSPS) is 21.3. The maximum Gasteiger partial charge on any atom is 0.224 e. The number of rotatable bonds is 1. The molecule has 1 fully saturated rings. The van der Waals surface area contributed by atoms with Crippen molar-refractivity contribution in [3.05, 3.63) is 22.1 Å². The van der Waals surface area contributed by atoms with E-state index in [4.69, 9.17) is 6.57 Å². The van der Waals surface area contributed by atoms with Gasteiger partial charge in [0, 0.05) is 0 Å². The van der Waals surface area contributed by atoms with E-state index in [-0.39, 0.29) is 0 Å². The number of hydrogen-bond donors (Lipinski definition) is 0. The summed E-state index contributed by atoms with van der Waals surface area (Å²) in [5.74, 6) is 0.659. The third-order valence-electron chi connectivity index (χ3n) is 2.13. The standard InChI is InChI=1S/C9H12BrN/c1-11-9(10)7-8-5-3-2-4-6-8/h7-8H,2-6H2/b9-7+. The van der Waals surface area contributed by atoms with Gasteiger partial charge < -0.3 is 0 Å². The molecule has 11 heavy (non-hydrogen) atoms. The molecular formula is C9H12BrN.